The first-order valence-electron chi connectivity index (χ1n) is 16.4. The highest BCUT2D eigenvalue weighted by Gasteiger charge is 2.62. The van der Waals surface area contributed by atoms with Gasteiger partial charge in [-0.15, -0.1) is 0 Å². The van der Waals surface area contributed by atoms with Crippen molar-refractivity contribution in [1.29, 1.82) is 0 Å². The largest absolute Gasteiger partial charge is 0.378 e. The van der Waals surface area contributed by atoms with Gasteiger partial charge < -0.3 is 24.9 Å². The molecule has 7 heteroatoms. The third-order valence-corrected chi connectivity index (χ3v) is 9.08. The summed E-state index contributed by atoms with van der Waals surface area (Å²) in [5.41, 5.74) is 3.17. The van der Waals surface area contributed by atoms with Crippen LogP contribution < -0.4 is 5.48 Å². The van der Waals surface area contributed by atoms with Gasteiger partial charge in [-0.3, -0.25) is 0 Å². The number of aliphatic hydroxyl groups is 2. The van der Waals surface area contributed by atoms with Crippen LogP contribution in [0.3, 0.4) is 0 Å². The van der Waals surface area contributed by atoms with Crippen molar-refractivity contribution < 1.29 is 24.9 Å². The summed E-state index contributed by atoms with van der Waals surface area (Å²) >= 11 is 0. The molecule has 3 radical (unpaired) electrons. The molecule has 1 heterocycles. The van der Waals surface area contributed by atoms with Gasteiger partial charge in [-0.1, -0.05) is 182 Å². The van der Waals surface area contributed by atoms with Crippen LogP contribution >= 0.6 is 0 Å². The Morgan fingerprint density at radius 1 is 0.500 bits per heavy atom. The lowest BCUT2D eigenvalue weighted by atomic mass is 9.72. The fourth-order valence-electron chi connectivity index (χ4n) is 6.57. The normalized spacial score (nSPS) is 16.8. The smallest absolute Gasteiger partial charge is 0.193 e. The minimum absolute atomic E-state index is 0. The van der Waals surface area contributed by atoms with Crippen molar-refractivity contribution in [2.45, 2.75) is 42.7 Å². The second kappa shape index (κ2) is 16.5. The summed E-state index contributed by atoms with van der Waals surface area (Å²) in [6.45, 7) is 2.36. The third kappa shape index (κ3) is 7.52. The fraction of sp³-hybridized carbons (Fsp3) is 0.163. The molecule has 2 atom stereocenters. The first kappa shape index (κ1) is 36.9. The second-order valence-corrected chi connectivity index (χ2v) is 12.2. The standard InChI is InChI=1S/C36H32O4.C7H9NO.Al/c1-34(27-17-7-2-8-18-27)39-32(35(37,28-19-9-3-10-20-28)29-21-11-4-12-22-29)33(40-34)36(38,30-23-13-5-14-24-30)31-25-15-6-16-26-31;9-8-6-7-4-2-1-3-5-7;/h2-26,32-33,37-38H,1H3;1-5,8-9H,6H2;/t32-,33-;;/m0../s1. The average molecular weight is 679 g/mol. The van der Waals surface area contributed by atoms with Crippen LogP contribution in [-0.4, -0.2) is 45.0 Å². The van der Waals surface area contributed by atoms with Crippen LogP contribution in [0.25, 0.3) is 0 Å². The molecule has 7 rings (SSSR count). The molecule has 1 saturated heterocycles. The molecule has 1 aliphatic rings. The van der Waals surface area contributed by atoms with Crippen LogP contribution in [0, 0.1) is 0 Å². The van der Waals surface area contributed by atoms with E-state index < -0.39 is 29.2 Å². The maximum absolute atomic E-state index is 12.9. The number of nitrogens with one attached hydrogen (secondary N) is 1. The van der Waals surface area contributed by atoms with Gasteiger partial charge >= 0.3 is 0 Å². The molecular formula is C43H41AlNO5. The van der Waals surface area contributed by atoms with Gasteiger partial charge in [0, 0.05) is 29.5 Å². The van der Waals surface area contributed by atoms with Crippen molar-refractivity contribution in [2.75, 3.05) is 0 Å². The molecule has 0 aliphatic carbocycles. The lowest BCUT2D eigenvalue weighted by molar-refractivity contribution is -0.193. The summed E-state index contributed by atoms with van der Waals surface area (Å²) in [5, 5.41) is 34.2. The van der Waals surface area contributed by atoms with E-state index in [4.69, 9.17) is 14.7 Å². The zero-order valence-corrected chi connectivity index (χ0v) is 29.1. The predicted molar refractivity (Wildman–Crippen MR) is 196 cm³/mol. The highest BCUT2D eigenvalue weighted by molar-refractivity contribution is 5.75. The number of rotatable bonds is 9. The predicted octanol–water partition coefficient (Wildman–Crippen LogP) is 7.30. The molecule has 50 heavy (non-hydrogen) atoms. The SMILES string of the molecule is CC1(c2ccccc2)O[C@H](C(O)(c2ccccc2)c2ccccc2)[C@@H](C(O)(c2ccccc2)c2ccccc2)O1.ONCc1ccccc1.[Al]. The molecule has 0 amide bonds. The maximum atomic E-state index is 12.9. The summed E-state index contributed by atoms with van der Waals surface area (Å²) in [5.74, 6) is -1.26. The van der Waals surface area contributed by atoms with Crippen LogP contribution in [0.4, 0.5) is 0 Å². The zero-order valence-electron chi connectivity index (χ0n) is 27.9. The number of benzene rings is 6. The first-order valence-corrected chi connectivity index (χ1v) is 16.4. The number of hydroxylamine groups is 1. The van der Waals surface area contributed by atoms with Gasteiger partial charge in [-0.2, -0.15) is 0 Å². The Balaban J connectivity index is 0.000000425. The summed E-state index contributed by atoms with van der Waals surface area (Å²) in [4.78, 5) is 0. The van der Waals surface area contributed by atoms with E-state index in [1.165, 1.54) is 0 Å². The van der Waals surface area contributed by atoms with E-state index in [-0.39, 0.29) is 17.4 Å². The van der Waals surface area contributed by atoms with Crippen molar-refractivity contribution in [1.82, 2.24) is 5.48 Å². The van der Waals surface area contributed by atoms with Gasteiger partial charge in [0.15, 0.2) is 5.79 Å². The van der Waals surface area contributed by atoms with Gasteiger partial charge in [0.2, 0.25) is 0 Å². The monoisotopic (exact) mass is 678 g/mol. The van der Waals surface area contributed by atoms with Gasteiger partial charge in [0.25, 0.3) is 0 Å². The molecule has 6 nitrogen and oxygen atoms in total. The molecule has 1 fully saturated rings. The molecule has 0 aromatic heterocycles. The van der Waals surface area contributed by atoms with Crippen molar-refractivity contribution >= 4 is 17.4 Å². The summed E-state index contributed by atoms with van der Waals surface area (Å²) in [6, 6.07) is 57.3. The van der Waals surface area contributed by atoms with E-state index in [2.05, 4.69) is 5.48 Å². The van der Waals surface area contributed by atoms with E-state index >= 15 is 0 Å². The van der Waals surface area contributed by atoms with Crippen LogP contribution in [-0.2, 0) is 33.0 Å². The maximum Gasteiger partial charge on any atom is 0.193 e. The van der Waals surface area contributed by atoms with E-state index in [0.717, 1.165) is 11.1 Å². The van der Waals surface area contributed by atoms with E-state index in [1.54, 1.807) is 0 Å². The number of hydrogen-bond donors (Lipinski definition) is 4. The Hall–Kier alpha value is -4.39. The van der Waals surface area contributed by atoms with Crippen LogP contribution in [0.5, 0.6) is 0 Å². The molecule has 1 aliphatic heterocycles. The Kier molecular flexibility index (Phi) is 12.2. The summed E-state index contributed by atoms with van der Waals surface area (Å²) in [7, 11) is 0. The molecule has 0 unspecified atom stereocenters. The lowest BCUT2D eigenvalue weighted by Gasteiger charge is -2.42. The molecule has 6 aromatic rings. The second-order valence-electron chi connectivity index (χ2n) is 12.2. The molecular weight excluding hydrogens is 637 g/mol. The minimum Gasteiger partial charge on any atom is -0.378 e. The van der Waals surface area contributed by atoms with Crippen molar-refractivity contribution in [3.63, 3.8) is 0 Å². The van der Waals surface area contributed by atoms with Gasteiger partial charge in [-0.25, -0.2) is 5.48 Å². The molecule has 0 spiro atoms. The van der Waals surface area contributed by atoms with Gasteiger partial charge in [0.05, 0.1) is 0 Å². The Labute approximate surface area is 304 Å². The molecule has 251 valence electrons. The summed E-state index contributed by atoms with van der Waals surface area (Å²) in [6.07, 6.45) is -2.04. The lowest BCUT2D eigenvalue weighted by Crippen LogP contribution is -2.54. The van der Waals surface area contributed by atoms with Gasteiger partial charge in [-0.05, 0) is 34.7 Å². The molecule has 6 aromatic carbocycles. The highest BCUT2D eigenvalue weighted by Crippen LogP contribution is 2.52. The average Bonchev–Trinajstić information content (AvgIpc) is 3.56. The Bertz CT molecular complexity index is 1690. The zero-order chi connectivity index (χ0) is 34.2. The topological polar surface area (TPSA) is 91.2 Å². The Morgan fingerprint density at radius 3 is 1.08 bits per heavy atom. The van der Waals surface area contributed by atoms with Crippen molar-refractivity contribution in [3.05, 3.63) is 215 Å². The molecule has 0 saturated carbocycles. The fourth-order valence-corrected chi connectivity index (χ4v) is 6.57. The number of ether oxygens (including phenoxy) is 2. The van der Waals surface area contributed by atoms with E-state index in [0.29, 0.717) is 28.8 Å². The van der Waals surface area contributed by atoms with E-state index in [9.17, 15) is 10.2 Å². The quantitative estimate of drug-likeness (QED) is 0.0949. The molecule has 0 bridgehead atoms. The highest BCUT2D eigenvalue weighted by atomic mass is 27.0. The number of hydrogen-bond acceptors (Lipinski definition) is 6. The first-order chi connectivity index (χ1) is 23.9. The van der Waals surface area contributed by atoms with Gasteiger partial charge in [0.1, 0.15) is 23.4 Å². The Morgan fingerprint density at radius 2 is 0.780 bits per heavy atom. The third-order valence-electron chi connectivity index (χ3n) is 9.08. The summed E-state index contributed by atoms with van der Waals surface area (Å²) < 4.78 is 13.8. The van der Waals surface area contributed by atoms with Crippen molar-refractivity contribution in [2.24, 2.45) is 0 Å². The van der Waals surface area contributed by atoms with Crippen LogP contribution in [0.1, 0.15) is 40.3 Å². The van der Waals surface area contributed by atoms with Crippen LogP contribution in [0.2, 0.25) is 0 Å². The molecule has 4 N–H and O–H groups in total. The van der Waals surface area contributed by atoms with Crippen molar-refractivity contribution in [3.8, 4) is 0 Å². The minimum atomic E-state index is -1.67. The van der Waals surface area contributed by atoms with E-state index in [1.807, 2.05) is 189 Å². The van der Waals surface area contributed by atoms with Crippen LogP contribution in [0.15, 0.2) is 182 Å².